The lowest BCUT2D eigenvalue weighted by molar-refractivity contribution is 0.0979. The number of carbonyl (C=O) groups excluding carboxylic acids is 1. The minimum Gasteiger partial charge on any atom is -0.275 e. The lowest BCUT2D eigenvalue weighted by atomic mass is 10.1. The number of hydrogen-bond donors (Lipinski definition) is 0. The van der Waals surface area contributed by atoms with Crippen LogP contribution in [0.5, 0.6) is 0 Å². The second-order valence-electron chi connectivity index (χ2n) is 4.45. The normalized spacial score (nSPS) is 14.3. The van der Waals surface area contributed by atoms with Crippen LogP contribution in [0.25, 0.3) is 0 Å². The third-order valence-corrected chi connectivity index (χ3v) is 4.61. The van der Waals surface area contributed by atoms with Crippen LogP contribution < -0.4 is 4.90 Å². The number of nitrogens with zero attached hydrogens (tertiary/aromatic N) is 5. The van der Waals surface area contributed by atoms with Gasteiger partial charge >= 0.3 is 0 Å². The van der Waals surface area contributed by atoms with Gasteiger partial charge in [0.15, 0.2) is 0 Å². The van der Waals surface area contributed by atoms with E-state index in [1.807, 2.05) is 25.1 Å². The Hall–Kier alpha value is -1.51. The molecule has 2 aromatic rings. The van der Waals surface area contributed by atoms with Crippen molar-refractivity contribution in [3.8, 4) is 0 Å². The molecule has 0 N–H and O–H groups in total. The Morgan fingerprint density at radius 3 is 3.05 bits per heavy atom. The van der Waals surface area contributed by atoms with E-state index in [-0.39, 0.29) is 5.91 Å². The van der Waals surface area contributed by atoms with Gasteiger partial charge in [0.2, 0.25) is 0 Å². The van der Waals surface area contributed by atoms with E-state index in [1.54, 1.807) is 9.58 Å². The second kappa shape index (κ2) is 4.87. The highest BCUT2D eigenvalue weighted by Gasteiger charge is 2.27. The second-order valence-corrected chi connectivity index (χ2v) is 5.53. The van der Waals surface area contributed by atoms with Gasteiger partial charge in [0.1, 0.15) is 0 Å². The summed E-state index contributed by atoms with van der Waals surface area (Å²) in [5.74, 6) is 0.498. The standard InChI is InChI=1S/C12H12IN5O/c1-8-4-2-5-9(10(8)13)11(19)17-6-3-7-18-12(17)14-15-16-18/h2,4-5H,3,6-7H2,1H3. The van der Waals surface area contributed by atoms with Gasteiger partial charge in [-0.05, 0) is 58.0 Å². The molecule has 1 aromatic heterocycles. The summed E-state index contributed by atoms with van der Waals surface area (Å²) in [6.45, 7) is 3.42. The van der Waals surface area contributed by atoms with Gasteiger partial charge in [-0.1, -0.05) is 17.2 Å². The first-order chi connectivity index (χ1) is 9.18. The Bertz CT molecular complexity index is 639. The molecule has 1 aliphatic heterocycles. The number of fused-ring (bicyclic) bond motifs is 1. The van der Waals surface area contributed by atoms with E-state index < -0.39 is 0 Å². The Labute approximate surface area is 123 Å². The molecule has 1 amide bonds. The molecular weight excluding hydrogens is 357 g/mol. The van der Waals surface area contributed by atoms with E-state index in [4.69, 9.17) is 0 Å². The van der Waals surface area contributed by atoms with Crippen LogP contribution >= 0.6 is 22.6 Å². The van der Waals surface area contributed by atoms with Gasteiger partial charge in [-0.2, -0.15) is 0 Å². The summed E-state index contributed by atoms with van der Waals surface area (Å²) < 4.78 is 2.65. The lowest BCUT2D eigenvalue weighted by Gasteiger charge is -2.25. The molecule has 0 unspecified atom stereocenters. The van der Waals surface area contributed by atoms with Crippen LogP contribution in [0.3, 0.4) is 0 Å². The fraction of sp³-hybridized carbons (Fsp3) is 0.333. The average molecular weight is 369 g/mol. The molecule has 0 spiro atoms. The quantitative estimate of drug-likeness (QED) is 0.717. The van der Waals surface area contributed by atoms with Crippen LogP contribution in [0.4, 0.5) is 5.95 Å². The van der Waals surface area contributed by atoms with E-state index in [2.05, 4.69) is 38.1 Å². The van der Waals surface area contributed by atoms with Crippen molar-refractivity contribution in [3.05, 3.63) is 32.9 Å². The summed E-state index contributed by atoms with van der Waals surface area (Å²) in [5.41, 5.74) is 1.81. The van der Waals surface area contributed by atoms with Gasteiger partial charge in [-0.3, -0.25) is 9.69 Å². The molecule has 19 heavy (non-hydrogen) atoms. The molecule has 1 aromatic carbocycles. The third-order valence-electron chi connectivity index (χ3n) is 3.17. The Morgan fingerprint density at radius 2 is 2.21 bits per heavy atom. The van der Waals surface area contributed by atoms with E-state index in [0.717, 1.165) is 22.1 Å². The molecule has 0 atom stereocenters. The van der Waals surface area contributed by atoms with E-state index in [0.29, 0.717) is 18.1 Å². The highest BCUT2D eigenvalue weighted by Crippen LogP contribution is 2.23. The Kier molecular flexibility index (Phi) is 3.21. The summed E-state index contributed by atoms with van der Waals surface area (Å²) in [6, 6.07) is 5.75. The summed E-state index contributed by atoms with van der Waals surface area (Å²) in [5, 5.41) is 11.5. The summed E-state index contributed by atoms with van der Waals surface area (Å²) >= 11 is 2.21. The molecule has 7 heteroatoms. The predicted molar refractivity (Wildman–Crippen MR) is 78.0 cm³/mol. The zero-order chi connectivity index (χ0) is 13.4. The van der Waals surface area contributed by atoms with Crippen LogP contribution in [-0.2, 0) is 6.54 Å². The molecule has 0 radical (unpaired) electrons. The van der Waals surface area contributed by atoms with E-state index >= 15 is 0 Å². The minimum atomic E-state index is -0.0381. The first-order valence-corrected chi connectivity index (χ1v) is 7.09. The topological polar surface area (TPSA) is 63.9 Å². The summed E-state index contributed by atoms with van der Waals surface area (Å²) in [7, 11) is 0. The number of aryl methyl sites for hydroxylation is 2. The van der Waals surface area contributed by atoms with Crippen molar-refractivity contribution in [2.75, 3.05) is 11.4 Å². The van der Waals surface area contributed by atoms with Gasteiger partial charge < -0.3 is 0 Å². The van der Waals surface area contributed by atoms with Crippen molar-refractivity contribution >= 4 is 34.4 Å². The zero-order valence-electron chi connectivity index (χ0n) is 10.4. The fourth-order valence-electron chi connectivity index (χ4n) is 2.17. The molecule has 0 aliphatic carbocycles. The van der Waals surface area contributed by atoms with E-state index in [9.17, 15) is 4.79 Å². The molecule has 1 aliphatic rings. The lowest BCUT2D eigenvalue weighted by Crippen LogP contribution is -2.38. The highest BCUT2D eigenvalue weighted by molar-refractivity contribution is 14.1. The number of aromatic nitrogens is 4. The molecule has 98 valence electrons. The zero-order valence-corrected chi connectivity index (χ0v) is 12.5. The third kappa shape index (κ3) is 2.11. The van der Waals surface area contributed by atoms with Gasteiger partial charge in [0.05, 0.1) is 5.56 Å². The number of tetrazole rings is 1. The van der Waals surface area contributed by atoms with Gasteiger partial charge in [-0.25, -0.2) is 4.68 Å². The van der Waals surface area contributed by atoms with Crippen molar-refractivity contribution in [1.82, 2.24) is 20.2 Å². The highest BCUT2D eigenvalue weighted by atomic mass is 127. The van der Waals surface area contributed by atoms with Crippen LogP contribution in [0.15, 0.2) is 18.2 Å². The van der Waals surface area contributed by atoms with Crippen LogP contribution in [-0.4, -0.2) is 32.7 Å². The van der Waals surface area contributed by atoms with Crippen LogP contribution in [0.2, 0.25) is 0 Å². The average Bonchev–Trinajstić information content (AvgIpc) is 2.89. The van der Waals surface area contributed by atoms with Gasteiger partial charge in [0, 0.05) is 16.7 Å². The van der Waals surface area contributed by atoms with Crippen LogP contribution in [0, 0.1) is 10.5 Å². The van der Waals surface area contributed by atoms with Crippen molar-refractivity contribution in [3.63, 3.8) is 0 Å². The number of anilines is 1. The summed E-state index contributed by atoms with van der Waals surface area (Å²) in [6.07, 6.45) is 0.867. The smallest absolute Gasteiger partial charge is 0.261 e. The minimum absolute atomic E-state index is 0.0381. The largest absolute Gasteiger partial charge is 0.275 e. The molecular formula is C12H12IN5O. The maximum Gasteiger partial charge on any atom is 0.261 e. The number of amides is 1. The van der Waals surface area contributed by atoms with E-state index in [1.165, 1.54) is 0 Å². The number of benzene rings is 1. The van der Waals surface area contributed by atoms with Crippen LogP contribution in [0.1, 0.15) is 22.3 Å². The Balaban J connectivity index is 2.00. The molecule has 6 nitrogen and oxygen atoms in total. The molecule has 0 saturated heterocycles. The van der Waals surface area contributed by atoms with Crippen molar-refractivity contribution in [1.29, 1.82) is 0 Å². The van der Waals surface area contributed by atoms with Gasteiger partial charge in [0.25, 0.3) is 11.9 Å². The number of rotatable bonds is 1. The monoisotopic (exact) mass is 369 g/mol. The molecule has 0 fully saturated rings. The van der Waals surface area contributed by atoms with Crippen molar-refractivity contribution < 1.29 is 4.79 Å². The number of hydrogen-bond acceptors (Lipinski definition) is 4. The maximum atomic E-state index is 12.6. The number of carbonyl (C=O) groups is 1. The Morgan fingerprint density at radius 1 is 1.37 bits per heavy atom. The van der Waals surface area contributed by atoms with Crippen molar-refractivity contribution in [2.24, 2.45) is 0 Å². The fourth-order valence-corrected chi connectivity index (χ4v) is 2.76. The predicted octanol–water partition coefficient (Wildman–Crippen LogP) is 1.64. The molecule has 0 bridgehead atoms. The molecule has 3 rings (SSSR count). The van der Waals surface area contributed by atoms with Crippen molar-refractivity contribution in [2.45, 2.75) is 19.9 Å². The SMILES string of the molecule is Cc1cccc(C(=O)N2CCCn3nnnc32)c1I. The number of halogens is 1. The molecule has 0 saturated carbocycles. The summed E-state index contributed by atoms with van der Waals surface area (Å²) in [4.78, 5) is 14.3. The first-order valence-electron chi connectivity index (χ1n) is 6.01. The molecule has 2 heterocycles. The first kappa shape index (κ1) is 12.5. The van der Waals surface area contributed by atoms with Gasteiger partial charge in [-0.15, -0.1) is 0 Å². The maximum absolute atomic E-state index is 12.6.